The Morgan fingerprint density at radius 3 is 2.71 bits per heavy atom. The number of hydrogen-bond acceptors (Lipinski definition) is 7. The van der Waals surface area contributed by atoms with Gasteiger partial charge in [0.25, 0.3) is 0 Å². The molecule has 1 saturated heterocycles. The van der Waals surface area contributed by atoms with Gasteiger partial charge in [-0.1, -0.05) is 18.2 Å². The van der Waals surface area contributed by atoms with E-state index in [0.29, 0.717) is 57.8 Å². The van der Waals surface area contributed by atoms with Crippen LogP contribution in [0.25, 0.3) is 11.0 Å². The molecule has 0 amide bonds. The molecule has 1 aliphatic rings. The Morgan fingerprint density at radius 1 is 1.26 bits per heavy atom. The van der Waals surface area contributed by atoms with Crippen molar-refractivity contribution in [2.75, 3.05) is 32.9 Å². The summed E-state index contributed by atoms with van der Waals surface area (Å²) in [6.45, 7) is 5.34. The summed E-state index contributed by atoms with van der Waals surface area (Å²) in [6.07, 6.45) is 0. The maximum absolute atomic E-state index is 13.0. The summed E-state index contributed by atoms with van der Waals surface area (Å²) < 4.78 is 17.5. The Morgan fingerprint density at radius 2 is 2.00 bits per heavy atom. The van der Waals surface area contributed by atoms with E-state index < -0.39 is 5.97 Å². The summed E-state index contributed by atoms with van der Waals surface area (Å²) in [6, 6.07) is 11.7. The highest BCUT2D eigenvalue weighted by Crippen LogP contribution is 2.41. The van der Waals surface area contributed by atoms with Gasteiger partial charge in [-0.2, -0.15) is 0 Å². The smallest absolute Gasteiger partial charge is 0.342 e. The number of phenolic OH excluding ortho intramolecular Hbond substituents is 1. The van der Waals surface area contributed by atoms with Gasteiger partial charge >= 0.3 is 5.97 Å². The van der Waals surface area contributed by atoms with Gasteiger partial charge in [-0.25, -0.2) is 4.79 Å². The van der Waals surface area contributed by atoms with Crippen molar-refractivity contribution in [3.8, 4) is 5.75 Å². The first-order chi connectivity index (χ1) is 15.1. The van der Waals surface area contributed by atoms with Crippen molar-refractivity contribution in [3.63, 3.8) is 0 Å². The van der Waals surface area contributed by atoms with Gasteiger partial charge in [0.15, 0.2) is 0 Å². The minimum absolute atomic E-state index is 0.118. The summed E-state index contributed by atoms with van der Waals surface area (Å²) in [7, 11) is 0. The molecule has 0 atom stereocenters. The van der Waals surface area contributed by atoms with Gasteiger partial charge in [-0.15, -0.1) is 11.8 Å². The zero-order valence-electron chi connectivity index (χ0n) is 17.2. The number of rotatable bonds is 7. The highest BCUT2D eigenvalue weighted by atomic mass is 79.9. The second-order valence-corrected chi connectivity index (χ2v) is 9.07. The summed E-state index contributed by atoms with van der Waals surface area (Å²) in [5.74, 6) is 0.702. The van der Waals surface area contributed by atoms with Crippen LogP contribution in [0.2, 0.25) is 0 Å². The Labute approximate surface area is 193 Å². The van der Waals surface area contributed by atoms with Gasteiger partial charge < -0.3 is 19.0 Å². The first-order valence-corrected chi connectivity index (χ1v) is 12.0. The van der Waals surface area contributed by atoms with Crippen molar-refractivity contribution in [2.24, 2.45) is 0 Å². The molecule has 2 heterocycles. The van der Waals surface area contributed by atoms with Crippen LogP contribution in [-0.4, -0.2) is 48.9 Å². The Bertz CT molecular complexity index is 1060. The zero-order chi connectivity index (χ0) is 21.8. The normalized spacial score (nSPS) is 14.8. The maximum Gasteiger partial charge on any atom is 0.342 e. The summed E-state index contributed by atoms with van der Waals surface area (Å²) in [5, 5.41) is 11.5. The van der Waals surface area contributed by atoms with Crippen molar-refractivity contribution in [3.05, 3.63) is 57.8 Å². The summed E-state index contributed by atoms with van der Waals surface area (Å²) in [4.78, 5) is 16.3. The zero-order valence-corrected chi connectivity index (χ0v) is 19.6. The molecule has 1 aromatic heterocycles. The molecule has 0 aliphatic carbocycles. The van der Waals surface area contributed by atoms with Crippen LogP contribution >= 0.6 is 27.7 Å². The van der Waals surface area contributed by atoms with E-state index >= 15 is 0 Å². The molecule has 31 heavy (non-hydrogen) atoms. The molecule has 6 nitrogen and oxygen atoms in total. The number of halogens is 1. The average molecular weight is 506 g/mol. The number of carbonyl (C=O) groups excluding carboxylic acids is 1. The third-order valence-corrected chi connectivity index (χ3v) is 6.77. The quantitative estimate of drug-likeness (QED) is 0.349. The van der Waals surface area contributed by atoms with Crippen LogP contribution in [0, 0.1) is 0 Å². The number of phenols is 1. The number of nitrogens with zero attached hydrogens (tertiary/aromatic N) is 1. The van der Waals surface area contributed by atoms with Crippen LogP contribution in [0.1, 0.15) is 28.6 Å². The van der Waals surface area contributed by atoms with Crippen LogP contribution in [-0.2, 0) is 21.8 Å². The van der Waals surface area contributed by atoms with Crippen LogP contribution in [0.4, 0.5) is 0 Å². The van der Waals surface area contributed by atoms with Crippen molar-refractivity contribution >= 4 is 44.6 Å². The highest BCUT2D eigenvalue weighted by Gasteiger charge is 2.28. The van der Waals surface area contributed by atoms with Crippen LogP contribution in [0.15, 0.2) is 50.2 Å². The average Bonchev–Trinajstić information content (AvgIpc) is 3.15. The molecule has 3 aromatic rings. The van der Waals surface area contributed by atoms with E-state index in [-0.39, 0.29) is 12.4 Å². The second-order valence-electron chi connectivity index (χ2n) is 7.17. The van der Waals surface area contributed by atoms with E-state index in [2.05, 4.69) is 20.8 Å². The number of morpholine rings is 1. The molecule has 0 saturated carbocycles. The molecule has 1 fully saturated rings. The largest absolute Gasteiger partial charge is 0.506 e. The fourth-order valence-corrected chi connectivity index (χ4v) is 4.97. The minimum Gasteiger partial charge on any atom is -0.506 e. The van der Waals surface area contributed by atoms with Crippen LogP contribution in [0.5, 0.6) is 5.75 Å². The van der Waals surface area contributed by atoms with Crippen molar-refractivity contribution in [1.29, 1.82) is 0 Å². The molecule has 2 aromatic carbocycles. The fraction of sp³-hybridized carbons (Fsp3) is 0.348. The lowest BCUT2D eigenvalue weighted by atomic mass is 10.0. The molecule has 0 unspecified atom stereocenters. The first-order valence-electron chi connectivity index (χ1n) is 10.2. The SMILES string of the molecule is CCOC(=O)c1c(CSc2ccccc2)oc2cc(Br)c(O)c(CN3CCOCC3)c12. The molecule has 164 valence electrons. The van der Waals surface area contributed by atoms with Crippen LogP contribution < -0.4 is 0 Å². The summed E-state index contributed by atoms with van der Waals surface area (Å²) in [5.41, 5.74) is 1.61. The van der Waals surface area contributed by atoms with E-state index in [1.54, 1.807) is 24.8 Å². The van der Waals surface area contributed by atoms with Gasteiger partial charge in [-0.05, 0) is 41.1 Å². The van der Waals surface area contributed by atoms with Gasteiger partial charge in [0.2, 0.25) is 0 Å². The molecule has 0 spiro atoms. The van der Waals surface area contributed by atoms with Gasteiger partial charge in [0.1, 0.15) is 22.7 Å². The Balaban J connectivity index is 1.78. The molecular formula is C23H24BrNO5S. The predicted octanol–water partition coefficient (Wildman–Crippen LogP) is 5.20. The Kier molecular flexibility index (Phi) is 7.22. The van der Waals surface area contributed by atoms with E-state index in [1.807, 2.05) is 30.3 Å². The molecular weight excluding hydrogens is 482 g/mol. The van der Waals surface area contributed by atoms with Crippen molar-refractivity contribution in [1.82, 2.24) is 4.90 Å². The number of fused-ring (bicyclic) bond motifs is 1. The van der Waals surface area contributed by atoms with Crippen molar-refractivity contribution < 1.29 is 23.8 Å². The number of carbonyl (C=O) groups is 1. The van der Waals surface area contributed by atoms with Gasteiger partial charge in [0.05, 0.1) is 30.0 Å². The number of aromatic hydroxyl groups is 1. The van der Waals surface area contributed by atoms with E-state index in [9.17, 15) is 9.90 Å². The van der Waals surface area contributed by atoms with Crippen LogP contribution in [0.3, 0.4) is 0 Å². The first kappa shape index (κ1) is 22.2. The molecule has 4 rings (SSSR count). The number of thioether (sulfide) groups is 1. The number of hydrogen-bond donors (Lipinski definition) is 1. The molecule has 8 heteroatoms. The number of benzene rings is 2. The lowest BCUT2D eigenvalue weighted by molar-refractivity contribution is 0.0340. The number of furan rings is 1. The fourth-order valence-electron chi connectivity index (χ4n) is 3.67. The number of esters is 1. The monoisotopic (exact) mass is 505 g/mol. The highest BCUT2D eigenvalue weighted by molar-refractivity contribution is 9.10. The minimum atomic E-state index is -0.435. The summed E-state index contributed by atoms with van der Waals surface area (Å²) >= 11 is 5.02. The van der Waals surface area contributed by atoms with E-state index in [4.69, 9.17) is 13.9 Å². The van der Waals surface area contributed by atoms with Gasteiger partial charge in [-0.3, -0.25) is 4.90 Å². The second kappa shape index (κ2) is 10.1. The lowest BCUT2D eigenvalue weighted by Gasteiger charge is -2.27. The predicted molar refractivity (Wildman–Crippen MR) is 124 cm³/mol. The standard InChI is InChI=1S/C23H24BrNO5S/c1-2-29-23(27)21-19(14-31-15-6-4-3-5-7-15)30-18-12-17(24)22(26)16(20(18)21)13-25-8-10-28-11-9-25/h3-7,12,26H,2,8-11,13-14H2,1H3. The number of ether oxygens (including phenoxy) is 2. The Hall–Kier alpha value is -2.00. The maximum atomic E-state index is 13.0. The molecule has 0 bridgehead atoms. The topological polar surface area (TPSA) is 72.1 Å². The van der Waals surface area contributed by atoms with Gasteiger partial charge in [0, 0.05) is 35.5 Å². The molecule has 1 aliphatic heterocycles. The van der Waals surface area contributed by atoms with E-state index in [0.717, 1.165) is 18.0 Å². The van der Waals surface area contributed by atoms with Crippen molar-refractivity contribution in [2.45, 2.75) is 24.1 Å². The lowest BCUT2D eigenvalue weighted by Crippen LogP contribution is -2.35. The third-order valence-electron chi connectivity index (χ3n) is 5.16. The molecule has 0 radical (unpaired) electrons. The third kappa shape index (κ3) is 4.92. The molecule has 1 N–H and O–H groups in total. The van der Waals surface area contributed by atoms with E-state index in [1.165, 1.54) is 0 Å².